The van der Waals surface area contributed by atoms with Crippen molar-refractivity contribution < 1.29 is 18.4 Å². The lowest BCUT2D eigenvalue weighted by Crippen LogP contribution is -2.08. The molecule has 0 amide bonds. The van der Waals surface area contributed by atoms with Gasteiger partial charge in [-0.2, -0.15) is 0 Å². The quantitative estimate of drug-likeness (QED) is 0.610. The fourth-order valence-electron chi connectivity index (χ4n) is 1.79. The van der Waals surface area contributed by atoms with Crippen molar-refractivity contribution in [3.8, 4) is 5.75 Å². The number of hydrogen-bond donors (Lipinski definition) is 0. The SMILES string of the molecule is CC(F)(F)c1ccc(OCc2ccccc2)c([N+](=O)[O-])c1. The van der Waals surface area contributed by atoms with Gasteiger partial charge in [0.25, 0.3) is 5.92 Å². The fraction of sp³-hybridized carbons (Fsp3) is 0.200. The molecule has 0 aliphatic heterocycles. The van der Waals surface area contributed by atoms with E-state index < -0.39 is 22.1 Å². The van der Waals surface area contributed by atoms with Crippen LogP contribution in [0.5, 0.6) is 5.75 Å². The minimum atomic E-state index is -3.14. The van der Waals surface area contributed by atoms with Gasteiger partial charge in [-0.3, -0.25) is 10.1 Å². The van der Waals surface area contributed by atoms with E-state index in [2.05, 4.69) is 0 Å². The van der Waals surface area contributed by atoms with Gasteiger partial charge >= 0.3 is 5.69 Å². The number of nitro benzene ring substituents is 1. The zero-order valence-corrected chi connectivity index (χ0v) is 11.3. The van der Waals surface area contributed by atoms with Crippen LogP contribution in [0.3, 0.4) is 0 Å². The van der Waals surface area contributed by atoms with Gasteiger partial charge in [0.1, 0.15) is 6.61 Å². The van der Waals surface area contributed by atoms with Crippen molar-refractivity contribution in [2.24, 2.45) is 0 Å². The van der Waals surface area contributed by atoms with Crippen molar-refractivity contribution in [1.82, 2.24) is 0 Å². The van der Waals surface area contributed by atoms with E-state index in [1.54, 1.807) is 12.1 Å². The highest BCUT2D eigenvalue weighted by molar-refractivity contribution is 5.49. The smallest absolute Gasteiger partial charge is 0.311 e. The summed E-state index contributed by atoms with van der Waals surface area (Å²) in [6, 6.07) is 12.3. The summed E-state index contributed by atoms with van der Waals surface area (Å²) in [4.78, 5) is 10.3. The van der Waals surface area contributed by atoms with Crippen molar-refractivity contribution in [2.45, 2.75) is 19.5 Å². The summed E-state index contributed by atoms with van der Waals surface area (Å²) in [5, 5.41) is 11.0. The van der Waals surface area contributed by atoms with Gasteiger partial charge in [0.2, 0.25) is 0 Å². The third-order valence-electron chi connectivity index (χ3n) is 2.90. The van der Waals surface area contributed by atoms with Crippen LogP contribution in [0.2, 0.25) is 0 Å². The molecular weight excluding hydrogens is 280 g/mol. The molecule has 0 aliphatic carbocycles. The Hall–Kier alpha value is -2.50. The molecule has 0 bridgehead atoms. The molecule has 0 saturated heterocycles. The molecule has 21 heavy (non-hydrogen) atoms. The fourth-order valence-corrected chi connectivity index (χ4v) is 1.79. The Morgan fingerprint density at radius 3 is 2.43 bits per heavy atom. The molecule has 0 N–H and O–H groups in total. The second kappa shape index (κ2) is 5.87. The Bertz CT molecular complexity index is 639. The molecule has 2 rings (SSSR count). The van der Waals surface area contributed by atoms with Gasteiger partial charge in [0.15, 0.2) is 5.75 Å². The summed E-state index contributed by atoms with van der Waals surface area (Å²) < 4.78 is 31.8. The maximum atomic E-state index is 13.2. The third-order valence-corrected chi connectivity index (χ3v) is 2.90. The van der Waals surface area contributed by atoms with E-state index in [1.165, 1.54) is 6.07 Å². The van der Waals surface area contributed by atoms with E-state index in [-0.39, 0.29) is 12.4 Å². The lowest BCUT2D eigenvalue weighted by Gasteiger charge is -2.12. The molecular formula is C15H13F2NO3. The van der Waals surface area contributed by atoms with Gasteiger partial charge in [0, 0.05) is 18.6 Å². The molecule has 0 radical (unpaired) electrons. The van der Waals surface area contributed by atoms with Crippen LogP contribution in [0.15, 0.2) is 48.5 Å². The van der Waals surface area contributed by atoms with Crippen molar-refractivity contribution >= 4 is 5.69 Å². The molecule has 0 aliphatic rings. The van der Waals surface area contributed by atoms with Gasteiger partial charge < -0.3 is 4.74 Å². The topological polar surface area (TPSA) is 52.4 Å². The summed E-state index contributed by atoms with van der Waals surface area (Å²) in [6.45, 7) is 0.820. The maximum Gasteiger partial charge on any atom is 0.311 e. The molecule has 2 aromatic rings. The predicted octanol–water partition coefficient (Wildman–Crippen LogP) is 4.29. The minimum Gasteiger partial charge on any atom is -0.482 e. The van der Waals surface area contributed by atoms with Crippen molar-refractivity contribution in [3.05, 3.63) is 69.8 Å². The van der Waals surface area contributed by atoms with Crippen LogP contribution in [-0.2, 0) is 12.5 Å². The van der Waals surface area contributed by atoms with Crippen LogP contribution in [0, 0.1) is 10.1 Å². The molecule has 6 heteroatoms. The van der Waals surface area contributed by atoms with Gasteiger partial charge in [0.05, 0.1) is 4.92 Å². The molecule has 0 atom stereocenters. The second-order valence-corrected chi connectivity index (χ2v) is 4.60. The Balaban J connectivity index is 2.25. The van der Waals surface area contributed by atoms with Crippen LogP contribution in [-0.4, -0.2) is 4.92 Å². The van der Waals surface area contributed by atoms with Gasteiger partial charge in [-0.15, -0.1) is 0 Å². The van der Waals surface area contributed by atoms with Crippen LogP contribution in [0.1, 0.15) is 18.1 Å². The zero-order valence-electron chi connectivity index (χ0n) is 11.3. The number of benzene rings is 2. The Kier molecular flexibility index (Phi) is 4.16. The zero-order chi connectivity index (χ0) is 15.5. The highest BCUT2D eigenvalue weighted by Crippen LogP contribution is 2.35. The van der Waals surface area contributed by atoms with Crippen LogP contribution < -0.4 is 4.74 Å². The maximum absolute atomic E-state index is 13.2. The van der Waals surface area contributed by atoms with E-state index in [0.29, 0.717) is 6.92 Å². The summed E-state index contributed by atoms with van der Waals surface area (Å²) in [5.41, 5.74) is -0.0529. The van der Waals surface area contributed by atoms with E-state index in [9.17, 15) is 18.9 Å². The normalized spacial score (nSPS) is 11.2. The lowest BCUT2D eigenvalue weighted by molar-refractivity contribution is -0.386. The van der Waals surface area contributed by atoms with Gasteiger partial charge in [-0.05, 0) is 17.7 Å². The summed E-state index contributed by atoms with van der Waals surface area (Å²) in [7, 11) is 0. The Morgan fingerprint density at radius 1 is 1.19 bits per heavy atom. The van der Waals surface area contributed by atoms with Crippen LogP contribution in [0.4, 0.5) is 14.5 Å². The molecule has 4 nitrogen and oxygen atoms in total. The Morgan fingerprint density at radius 2 is 1.86 bits per heavy atom. The molecule has 0 spiro atoms. The van der Waals surface area contributed by atoms with E-state index in [4.69, 9.17) is 4.74 Å². The number of nitrogens with zero attached hydrogens (tertiary/aromatic N) is 1. The number of alkyl halides is 2. The lowest BCUT2D eigenvalue weighted by atomic mass is 10.1. The third kappa shape index (κ3) is 3.75. The summed E-state index contributed by atoms with van der Waals surface area (Å²) in [5.74, 6) is -3.17. The average Bonchev–Trinajstić information content (AvgIpc) is 2.45. The van der Waals surface area contributed by atoms with E-state index in [1.807, 2.05) is 18.2 Å². The number of nitro groups is 1. The first kappa shape index (κ1) is 14.9. The second-order valence-electron chi connectivity index (χ2n) is 4.60. The first-order valence-corrected chi connectivity index (χ1v) is 6.21. The van der Waals surface area contributed by atoms with E-state index in [0.717, 1.165) is 17.7 Å². The number of hydrogen-bond acceptors (Lipinski definition) is 3. The van der Waals surface area contributed by atoms with E-state index >= 15 is 0 Å². The standard InChI is InChI=1S/C15H13F2NO3/c1-15(16,17)12-7-8-14(13(9-12)18(19)20)21-10-11-5-3-2-4-6-11/h2-9H,10H2,1H3. The summed E-state index contributed by atoms with van der Waals surface area (Å²) in [6.07, 6.45) is 0. The summed E-state index contributed by atoms with van der Waals surface area (Å²) >= 11 is 0. The van der Waals surface area contributed by atoms with Crippen molar-refractivity contribution in [3.63, 3.8) is 0 Å². The Labute approximate surface area is 120 Å². The largest absolute Gasteiger partial charge is 0.482 e. The number of halogens is 2. The molecule has 0 fully saturated rings. The first-order chi connectivity index (χ1) is 9.88. The monoisotopic (exact) mass is 293 g/mol. The number of ether oxygens (including phenoxy) is 1. The van der Waals surface area contributed by atoms with Crippen LogP contribution >= 0.6 is 0 Å². The van der Waals surface area contributed by atoms with Crippen molar-refractivity contribution in [1.29, 1.82) is 0 Å². The minimum absolute atomic E-state index is 0.0307. The molecule has 110 valence electrons. The molecule has 2 aromatic carbocycles. The van der Waals surface area contributed by atoms with Crippen LogP contribution in [0.25, 0.3) is 0 Å². The highest BCUT2D eigenvalue weighted by Gasteiger charge is 2.28. The molecule has 0 unspecified atom stereocenters. The number of rotatable bonds is 5. The predicted molar refractivity (Wildman–Crippen MR) is 73.4 cm³/mol. The highest BCUT2D eigenvalue weighted by atomic mass is 19.3. The van der Waals surface area contributed by atoms with Gasteiger partial charge in [-0.1, -0.05) is 30.3 Å². The van der Waals surface area contributed by atoms with Gasteiger partial charge in [-0.25, -0.2) is 8.78 Å². The van der Waals surface area contributed by atoms with Crippen molar-refractivity contribution in [2.75, 3.05) is 0 Å². The average molecular weight is 293 g/mol. The molecule has 0 saturated carbocycles. The molecule has 0 heterocycles. The first-order valence-electron chi connectivity index (χ1n) is 6.21. The molecule has 0 aromatic heterocycles.